The molecule has 4 aromatic rings. The van der Waals surface area contributed by atoms with E-state index in [0.29, 0.717) is 37.3 Å². The van der Waals surface area contributed by atoms with Gasteiger partial charge in [-0.25, -0.2) is 0 Å². The van der Waals surface area contributed by atoms with Crippen LogP contribution >= 0.6 is 0 Å². The maximum Gasteiger partial charge on any atom is 0.373 e. The van der Waals surface area contributed by atoms with Gasteiger partial charge in [0.25, 0.3) is 5.91 Å². The van der Waals surface area contributed by atoms with Gasteiger partial charge in [0.05, 0.1) is 30.5 Å². The molecule has 9 nitrogen and oxygen atoms in total. The third kappa shape index (κ3) is 4.29. The van der Waals surface area contributed by atoms with Gasteiger partial charge in [-0.05, 0) is 37.1 Å². The molecule has 3 aromatic heterocycles. The second-order valence-electron chi connectivity index (χ2n) is 8.90. The van der Waals surface area contributed by atoms with E-state index in [4.69, 9.17) is 9.59 Å². The number of hydrogen-bond donors (Lipinski definition) is 1. The maximum absolute atomic E-state index is 13.3. The number of amides is 1. The molecular weight excluding hydrogens is 446 g/mol. The first-order chi connectivity index (χ1) is 17.0. The summed E-state index contributed by atoms with van der Waals surface area (Å²) in [6, 6.07) is 15.6. The van der Waals surface area contributed by atoms with Crippen molar-refractivity contribution >= 4 is 28.7 Å². The highest BCUT2D eigenvalue weighted by atomic mass is 16.2. The summed E-state index contributed by atoms with van der Waals surface area (Å²) < 4.78 is 1.86. The van der Waals surface area contributed by atoms with Crippen LogP contribution in [0.4, 0.5) is 0 Å². The Hall–Kier alpha value is -4.36. The van der Waals surface area contributed by atoms with Crippen molar-refractivity contribution in [3.63, 3.8) is 0 Å². The molecule has 1 N–H and O–H groups in total. The summed E-state index contributed by atoms with van der Waals surface area (Å²) in [5.41, 5.74) is 3.80. The Balaban J connectivity index is 0.000000806. The van der Waals surface area contributed by atoms with E-state index >= 15 is 0 Å². The van der Waals surface area contributed by atoms with Crippen LogP contribution in [-0.4, -0.2) is 49.0 Å². The maximum atomic E-state index is 13.3. The third-order valence-corrected chi connectivity index (χ3v) is 6.78. The van der Waals surface area contributed by atoms with Crippen LogP contribution in [0.5, 0.6) is 0 Å². The molecule has 0 spiro atoms. The number of Topliss-reactive ketones (excluding diaryl/α,β-unsaturated/α-hetero) is 1. The Kier molecular flexibility index (Phi) is 5.84. The quantitative estimate of drug-likeness (QED) is 0.449. The van der Waals surface area contributed by atoms with Crippen LogP contribution in [-0.2, 0) is 28.1 Å². The number of ketones is 1. The van der Waals surface area contributed by atoms with Crippen molar-refractivity contribution in [3.05, 3.63) is 83.6 Å². The summed E-state index contributed by atoms with van der Waals surface area (Å²) in [5, 5.41) is 5.45. The van der Waals surface area contributed by atoms with Crippen LogP contribution in [0.1, 0.15) is 51.5 Å². The lowest BCUT2D eigenvalue weighted by molar-refractivity contribution is -0.191. The van der Waals surface area contributed by atoms with Gasteiger partial charge in [-0.1, -0.05) is 24.3 Å². The van der Waals surface area contributed by atoms with Crippen molar-refractivity contribution in [3.8, 4) is 0 Å². The second kappa shape index (κ2) is 9.12. The first-order valence-corrected chi connectivity index (χ1v) is 11.4. The van der Waals surface area contributed by atoms with Crippen LogP contribution in [0.15, 0.2) is 60.9 Å². The average molecular weight is 470 g/mol. The fraction of sp³-hybridized carbons (Fsp3) is 0.269. The molecule has 0 radical (unpaired) electrons. The molecule has 35 heavy (non-hydrogen) atoms. The minimum absolute atomic E-state index is 0.0563. The molecule has 1 amide bonds. The molecule has 9 heteroatoms. The van der Waals surface area contributed by atoms with Crippen molar-refractivity contribution in [2.75, 3.05) is 6.54 Å². The zero-order chi connectivity index (χ0) is 24.4. The molecule has 176 valence electrons. The second-order valence-corrected chi connectivity index (χ2v) is 8.90. The number of para-hydroxylation sites is 1. The number of H-pyrrole nitrogens is 1. The number of aromatic nitrogens is 4. The van der Waals surface area contributed by atoms with Gasteiger partial charge in [-0.2, -0.15) is 14.7 Å². The third-order valence-electron chi connectivity index (χ3n) is 6.78. The molecule has 6 rings (SSSR count). The van der Waals surface area contributed by atoms with Crippen LogP contribution in [0.3, 0.4) is 0 Å². The summed E-state index contributed by atoms with van der Waals surface area (Å²) >= 11 is 0. The number of carbonyl (C=O) groups is 2. The fourth-order valence-corrected chi connectivity index (χ4v) is 4.76. The molecular formula is C26H23N5O4. The van der Waals surface area contributed by atoms with E-state index in [1.807, 2.05) is 53.2 Å². The molecule has 4 heterocycles. The summed E-state index contributed by atoms with van der Waals surface area (Å²) in [6.07, 6.45) is 6.09. The van der Waals surface area contributed by atoms with E-state index in [9.17, 15) is 9.59 Å². The van der Waals surface area contributed by atoms with Gasteiger partial charge >= 0.3 is 6.15 Å². The summed E-state index contributed by atoms with van der Waals surface area (Å²) in [6.45, 7) is 1.53. The number of hydrogen-bond acceptors (Lipinski definition) is 6. The minimum atomic E-state index is -0.151. The molecule has 0 bridgehead atoms. The smallest absolute Gasteiger partial charge is 0.351 e. The molecule has 0 unspecified atom stereocenters. The van der Waals surface area contributed by atoms with Crippen molar-refractivity contribution < 1.29 is 19.2 Å². The molecule has 1 aliphatic carbocycles. The monoisotopic (exact) mass is 469 g/mol. The van der Waals surface area contributed by atoms with E-state index < -0.39 is 0 Å². The molecule has 0 saturated heterocycles. The molecule has 1 aromatic carbocycles. The minimum Gasteiger partial charge on any atom is -0.351 e. The Morgan fingerprint density at radius 2 is 1.83 bits per heavy atom. The standard InChI is InChI=1S/C25H23N5O2.CO2/c31-22(14-25(8-9-25)23-7-3-4-10-26-23)18-15-27-30-12-11-29(16-21(18)30)24(32)20-13-17-5-1-2-6-19(17)28-20;2-1-3/h1-7,10,13,15,28H,8-9,11-12,14,16H2;. The van der Waals surface area contributed by atoms with E-state index in [1.54, 1.807) is 17.3 Å². The average Bonchev–Trinajstić information content (AvgIpc) is 3.34. The number of fused-ring (bicyclic) bond motifs is 2. The fourth-order valence-electron chi connectivity index (χ4n) is 4.76. The van der Waals surface area contributed by atoms with E-state index in [2.05, 4.69) is 15.1 Å². The Labute approximate surface area is 200 Å². The summed E-state index contributed by atoms with van der Waals surface area (Å²) in [4.78, 5) is 52.2. The topological polar surface area (TPSA) is 118 Å². The van der Waals surface area contributed by atoms with Crippen molar-refractivity contribution in [1.29, 1.82) is 0 Å². The number of carbonyl (C=O) groups excluding carboxylic acids is 4. The predicted octanol–water partition coefficient (Wildman–Crippen LogP) is 3.14. The van der Waals surface area contributed by atoms with Gasteiger partial charge in [-0.3, -0.25) is 19.3 Å². The molecule has 1 fully saturated rings. The highest BCUT2D eigenvalue weighted by molar-refractivity contribution is 5.99. The number of aromatic amines is 1. The van der Waals surface area contributed by atoms with Crippen LogP contribution < -0.4 is 0 Å². The first kappa shape index (κ1) is 22.4. The highest BCUT2D eigenvalue weighted by Crippen LogP contribution is 2.50. The lowest BCUT2D eigenvalue weighted by Gasteiger charge is -2.28. The lowest BCUT2D eigenvalue weighted by atomic mass is 9.92. The normalized spacial score (nSPS) is 15.5. The van der Waals surface area contributed by atoms with Crippen molar-refractivity contribution in [1.82, 2.24) is 24.6 Å². The molecule has 1 saturated carbocycles. The van der Waals surface area contributed by atoms with Gasteiger partial charge in [0.15, 0.2) is 5.78 Å². The summed E-state index contributed by atoms with van der Waals surface area (Å²) in [7, 11) is 0. The van der Waals surface area contributed by atoms with Crippen LogP contribution in [0.2, 0.25) is 0 Å². The predicted molar refractivity (Wildman–Crippen MR) is 124 cm³/mol. The van der Waals surface area contributed by atoms with Gasteiger partial charge in [0, 0.05) is 41.2 Å². The van der Waals surface area contributed by atoms with Gasteiger partial charge in [-0.15, -0.1) is 0 Å². The molecule has 2 aliphatic rings. The number of nitrogens with zero attached hydrogens (tertiary/aromatic N) is 4. The molecule has 1 aliphatic heterocycles. The van der Waals surface area contributed by atoms with Gasteiger partial charge in [0.2, 0.25) is 0 Å². The number of rotatable bonds is 5. The SMILES string of the molecule is O=C(CC1(c2ccccn2)CC1)c1cnn2c1CN(C(=O)c1cc3ccccc3[nH]1)CC2.O=C=O. The number of pyridine rings is 1. The number of benzene rings is 1. The van der Waals surface area contributed by atoms with Gasteiger partial charge < -0.3 is 9.88 Å². The number of nitrogens with one attached hydrogen (secondary N) is 1. The van der Waals surface area contributed by atoms with Crippen molar-refractivity contribution in [2.45, 2.75) is 37.8 Å². The van der Waals surface area contributed by atoms with E-state index in [1.165, 1.54) is 0 Å². The Morgan fingerprint density at radius 3 is 2.54 bits per heavy atom. The first-order valence-electron chi connectivity index (χ1n) is 11.4. The highest BCUT2D eigenvalue weighted by Gasteiger charge is 2.47. The largest absolute Gasteiger partial charge is 0.373 e. The molecule has 0 atom stereocenters. The van der Waals surface area contributed by atoms with Crippen LogP contribution in [0, 0.1) is 0 Å². The lowest BCUT2D eigenvalue weighted by Crippen LogP contribution is -2.39. The van der Waals surface area contributed by atoms with Crippen LogP contribution in [0.25, 0.3) is 10.9 Å². The van der Waals surface area contributed by atoms with Crippen molar-refractivity contribution in [2.24, 2.45) is 0 Å². The van der Waals surface area contributed by atoms with E-state index in [-0.39, 0.29) is 23.3 Å². The Bertz CT molecular complexity index is 1400. The zero-order valence-corrected chi connectivity index (χ0v) is 18.9. The zero-order valence-electron chi connectivity index (χ0n) is 18.9. The van der Waals surface area contributed by atoms with E-state index in [0.717, 1.165) is 35.1 Å². The summed E-state index contributed by atoms with van der Waals surface area (Å²) in [5.74, 6) is 0.0218. The Morgan fingerprint density at radius 1 is 1.06 bits per heavy atom. The van der Waals surface area contributed by atoms with Gasteiger partial charge in [0.1, 0.15) is 5.69 Å².